The largest absolute Gasteiger partial charge is 0.198 e. The molecule has 1 nitrogen and oxygen atoms in total. The summed E-state index contributed by atoms with van der Waals surface area (Å²) < 4.78 is 0. The van der Waals surface area contributed by atoms with Gasteiger partial charge < -0.3 is 0 Å². The fourth-order valence-corrected chi connectivity index (χ4v) is 2.83. The van der Waals surface area contributed by atoms with E-state index < -0.39 is 0 Å². The molecule has 0 saturated heterocycles. The first-order chi connectivity index (χ1) is 9.68. The van der Waals surface area contributed by atoms with Crippen LogP contribution < -0.4 is 0 Å². The van der Waals surface area contributed by atoms with Gasteiger partial charge in [-0.1, -0.05) is 90.9 Å². The van der Waals surface area contributed by atoms with Crippen molar-refractivity contribution in [2.24, 2.45) is 5.41 Å². The third-order valence-electron chi connectivity index (χ3n) is 4.43. The molecule has 0 aliphatic carbocycles. The van der Waals surface area contributed by atoms with Crippen molar-refractivity contribution in [3.63, 3.8) is 0 Å². The molecule has 0 unspecified atom stereocenters. The van der Waals surface area contributed by atoms with Crippen LogP contribution in [0.15, 0.2) is 0 Å². The maximum Gasteiger partial charge on any atom is 0.0686 e. The van der Waals surface area contributed by atoms with Gasteiger partial charge in [0.15, 0.2) is 0 Å². The summed E-state index contributed by atoms with van der Waals surface area (Å²) in [5.41, 5.74) is -0.0600. The van der Waals surface area contributed by atoms with Crippen molar-refractivity contribution < 1.29 is 0 Å². The number of hydrogen-bond acceptors (Lipinski definition) is 1. The lowest BCUT2D eigenvalue weighted by Crippen LogP contribution is -2.13. The van der Waals surface area contributed by atoms with Gasteiger partial charge in [0.1, 0.15) is 0 Å². The molecule has 0 saturated carbocycles. The van der Waals surface area contributed by atoms with E-state index in [0.29, 0.717) is 0 Å². The molecule has 0 radical (unpaired) electrons. The molecule has 0 amide bonds. The first kappa shape index (κ1) is 19.5. The molecule has 0 atom stereocenters. The summed E-state index contributed by atoms with van der Waals surface area (Å²) in [6, 6.07) is 2.58. The predicted octanol–water partition coefficient (Wildman–Crippen LogP) is 7.02. The van der Waals surface area contributed by atoms with Crippen LogP contribution in [-0.4, -0.2) is 0 Å². The van der Waals surface area contributed by atoms with Crippen LogP contribution in [0.2, 0.25) is 0 Å². The van der Waals surface area contributed by atoms with Crippen LogP contribution in [0.5, 0.6) is 0 Å². The molecule has 1 heteroatoms. The summed E-state index contributed by atoms with van der Waals surface area (Å²) in [5, 5.41) is 9.42. The highest BCUT2D eigenvalue weighted by molar-refractivity contribution is 4.95. The van der Waals surface area contributed by atoms with E-state index in [1.807, 2.05) is 0 Å². The van der Waals surface area contributed by atoms with Gasteiger partial charge in [0.25, 0.3) is 0 Å². The molecule has 0 aromatic rings. The second kappa shape index (κ2) is 13.5. The average molecular weight is 280 g/mol. The predicted molar refractivity (Wildman–Crippen MR) is 89.7 cm³/mol. The summed E-state index contributed by atoms with van der Waals surface area (Å²) in [7, 11) is 0. The van der Waals surface area contributed by atoms with E-state index in [2.05, 4.69) is 26.8 Å². The molecule has 118 valence electrons. The van der Waals surface area contributed by atoms with Gasteiger partial charge >= 0.3 is 0 Å². The zero-order valence-electron chi connectivity index (χ0n) is 14.3. The maximum absolute atomic E-state index is 9.42. The summed E-state index contributed by atoms with van der Waals surface area (Å²) in [5.74, 6) is 0. The van der Waals surface area contributed by atoms with Crippen molar-refractivity contribution in [1.29, 1.82) is 5.26 Å². The van der Waals surface area contributed by atoms with Crippen molar-refractivity contribution in [3.8, 4) is 6.07 Å². The van der Waals surface area contributed by atoms with Crippen molar-refractivity contribution >= 4 is 0 Å². The minimum atomic E-state index is -0.0600. The van der Waals surface area contributed by atoms with Crippen LogP contribution in [-0.2, 0) is 0 Å². The van der Waals surface area contributed by atoms with Crippen LogP contribution in [0.1, 0.15) is 111 Å². The molecule has 0 aromatic heterocycles. The minimum Gasteiger partial charge on any atom is -0.198 e. The number of nitrogens with zero attached hydrogens (tertiary/aromatic N) is 1. The molecule has 0 N–H and O–H groups in total. The van der Waals surface area contributed by atoms with Crippen molar-refractivity contribution in [2.75, 3.05) is 0 Å². The second-order valence-electron chi connectivity index (χ2n) is 6.71. The van der Waals surface area contributed by atoms with Crippen molar-refractivity contribution in [2.45, 2.75) is 111 Å². The third kappa shape index (κ3) is 11.3. The lowest BCUT2D eigenvalue weighted by molar-refractivity contribution is 0.338. The summed E-state index contributed by atoms with van der Waals surface area (Å²) in [4.78, 5) is 0. The molecule has 0 aromatic carbocycles. The Morgan fingerprint density at radius 2 is 1.00 bits per heavy atom. The van der Waals surface area contributed by atoms with Gasteiger partial charge in [0.2, 0.25) is 0 Å². The Bertz CT molecular complexity index is 223. The van der Waals surface area contributed by atoms with Gasteiger partial charge in [-0.3, -0.25) is 0 Å². The standard InChI is InChI=1S/C19H37N/c1-4-6-8-10-12-14-16-19(3,18-20)17-15-13-11-9-7-5-2/h4-17H2,1-3H3. The summed E-state index contributed by atoms with van der Waals surface area (Å²) in [6.45, 7) is 6.69. The quantitative estimate of drug-likeness (QED) is 0.313. The molecular weight excluding hydrogens is 242 g/mol. The van der Waals surface area contributed by atoms with Crippen LogP contribution in [0.4, 0.5) is 0 Å². The van der Waals surface area contributed by atoms with Crippen molar-refractivity contribution in [3.05, 3.63) is 0 Å². The average Bonchev–Trinajstić information content (AvgIpc) is 2.46. The molecular formula is C19H37N. The van der Waals surface area contributed by atoms with Crippen LogP contribution in [0.25, 0.3) is 0 Å². The first-order valence-electron chi connectivity index (χ1n) is 9.09. The Balaban J connectivity index is 3.61. The second-order valence-corrected chi connectivity index (χ2v) is 6.71. The maximum atomic E-state index is 9.42. The first-order valence-corrected chi connectivity index (χ1v) is 9.09. The highest BCUT2D eigenvalue weighted by Gasteiger charge is 2.22. The molecule has 0 rings (SSSR count). The van der Waals surface area contributed by atoms with E-state index in [9.17, 15) is 5.26 Å². The Hall–Kier alpha value is -0.510. The van der Waals surface area contributed by atoms with E-state index in [1.165, 1.54) is 77.0 Å². The normalized spacial score (nSPS) is 11.5. The number of hydrogen-bond donors (Lipinski definition) is 0. The monoisotopic (exact) mass is 279 g/mol. The van der Waals surface area contributed by atoms with E-state index in [4.69, 9.17) is 0 Å². The zero-order chi connectivity index (χ0) is 15.1. The highest BCUT2D eigenvalue weighted by Crippen LogP contribution is 2.30. The number of unbranched alkanes of at least 4 members (excludes halogenated alkanes) is 10. The molecule has 0 heterocycles. The molecule has 20 heavy (non-hydrogen) atoms. The van der Waals surface area contributed by atoms with Gasteiger partial charge in [-0.05, 0) is 19.8 Å². The van der Waals surface area contributed by atoms with Gasteiger partial charge in [-0.15, -0.1) is 0 Å². The van der Waals surface area contributed by atoms with E-state index in [0.717, 1.165) is 12.8 Å². The lowest BCUT2D eigenvalue weighted by Gasteiger charge is -2.21. The highest BCUT2D eigenvalue weighted by atomic mass is 14.3. The fraction of sp³-hybridized carbons (Fsp3) is 0.947. The van der Waals surface area contributed by atoms with Gasteiger partial charge in [-0.2, -0.15) is 5.26 Å². The Kier molecular flexibility index (Phi) is 13.1. The fourth-order valence-electron chi connectivity index (χ4n) is 2.83. The molecule has 0 spiro atoms. The zero-order valence-corrected chi connectivity index (χ0v) is 14.3. The lowest BCUT2D eigenvalue weighted by atomic mass is 9.81. The van der Waals surface area contributed by atoms with Crippen LogP contribution in [0.3, 0.4) is 0 Å². The van der Waals surface area contributed by atoms with Crippen molar-refractivity contribution in [1.82, 2.24) is 0 Å². The number of nitriles is 1. The van der Waals surface area contributed by atoms with Gasteiger partial charge in [0, 0.05) is 0 Å². The Morgan fingerprint density at radius 3 is 1.35 bits per heavy atom. The minimum absolute atomic E-state index is 0.0600. The molecule has 0 aliphatic rings. The summed E-state index contributed by atoms with van der Waals surface area (Å²) in [6.07, 6.45) is 18.1. The van der Waals surface area contributed by atoms with E-state index >= 15 is 0 Å². The SMILES string of the molecule is CCCCCCCCC(C)(C#N)CCCCCCCC. The number of rotatable bonds is 14. The smallest absolute Gasteiger partial charge is 0.0686 e. The topological polar surface area (TPSA) is 23.8 Å². The van der Waals surface area contributed by atoms with E-state index in [-0.39, 0.29) is 5.41 Å². The van der Waals surface area contributed by atoms with E-state index in [1.54, 1.807) is 0 Å². The molecule has 0 fully saturated rings. The van der Waals surface area contributed by atoms with Crippen LogP contribution in [0, 0.1) is 16.7 Å². The van der Waals surface area contributed by atoms with Gasteiger partial charge in [-0.25, -0.2) is 0 Å². The van der Waals surface area contributed by atoms with Gasteiger partial charge in [0.05, 0.1) is 11.5 Å². The van der Waals surface area contributed by atoms with Crippen LogP contribution >= 0.6 is 0 Å². The summed E-state index contributed by atoms with van der Waals surface area (Å²) >= 11 is 0. The molecule has 0 bridgehead atoms. The Labute approximate surface area is 128 Å². The molecule has 0 aliphatic heterocycles. The Morgan fingerprint density at radius 1 is 0.650 bits per heavy atom. The third-order valence-corrected chi connectivity index (χ3v) is 4.43.